The van der Waals surface area contributed by atoms with E-state index in [0.717, 1.165) is 6.92 Å². The monoisotopic (exact) mass is 337 g/mol. The molecule has 1 aliphatic rings. The number of carbonyl (C=O) groups is 1. The fourth-order valence-corrected chi connectivity index (χ4v) is 1.88. The highest BCUT2D eigenvalue weighted by atomic mass is 19.4. The van der Waals surface area contributed by atoms with Gasteiger partial charge in [-0.05, 0) is 19.8 Å². The molecule has 1 heterocycles. The highest BCUT2D eigenvalue weighted by molar-refractivity contribution is 6.04. The minimum atomic E-state index is -4.56. The van der Waals surface area contributed by atoms with Gasteiger partial charge < -0.3 is 11.1 Å². The molecule has 0 aromatic carbocycles. The number of allylic oxidation sites excluding steroid dienone is 2. The Morgan fingerprint density at radius 3 is 2.57 bits per heavy atom. The van der Waals surface area contributed by atoms with Gasteiger partial charge >= 0.3 is 6.18 Å². The minimum absolute atomic E-state index is 0.184. The molecule has 23 heavy (non-hydrogen) atoms. The summed E-state index contributed by atoms with van der Waals surface area (Å²) < 4.78 is 64.6. The first-order valence-electron chi connectivity index (χ1n) is 6.51. The highest BCUT2D eigenvalue weighted by Gasteiger charge is 2.37. The van der Waals surface area contributed by atoms with Crippen molar-refractivity contribution >= 4 is 23.3 Å². The van der Waals surface area contributed by atoms with Crippen LogP contribution in [0.1, 0.15) is 25.6 Å². The van der Waals surface area contributed by atoms with Crippen molar-refractivity contribution in [2.45, 2.75) is 38.2 Å². The molecule has 0 saturated carbocycles. The molecule has 0 bridgehead atoms. The summed E-state index contributed by atoms with van der Waals surface area (Å²) >= 11 is 0. The number of carbonyl (C=O) groups excluding carboxylic acids is 1. The van der Waals surface area contributed by atoms with Crippen LogP contribution in [0.4, 0.5) is 33.8 Å². The highest BCUT2D eigenvalue weighted by Crippen LogP contribution is 2.31. The number of alkyl halides is 4. The van der Waals surface area contributed by atoms with Crippen LogP contribution in [0.15, 0.2) is 5.83 Å². The molecule has 0 amide bonds. The van der Waals surface area contributed by atoms with Crippen molar-refractivity contribution in [2.24, 2.45) is 0 Å². The number of Topliss-reactive ketones (excluding diaryl/α,β-unsaturated/α-hetero) is 1. The van der Waals surface area contributed by atoms with Gasteiger partial charge in [0.2, 0.25) is 17.7 Å². The summed E-state index contributed by atoms with van der Waals surface area (Å²) in [4.78, 5) is 22.0. The molecular formula is C12H12F5N5O. The smallest absolute Gasteiger partial charge is 0.368 e. The maximum absolute atomic E-state index is 13.8. The third kappa shape index (κ3) is 3.71. The molecule has 0 fully saturated rings. The lowest BCUT2D eigenvalue weighted by atomic mass is 9.95. The number of ketones is 1. The zero-order valence-electron chi connectivity index (χ0n) is 11.8. The predicted molar refractivity (Wildman–Crippen MR) is 70.5 cm³/mol. The van der Waals surface area contributed by atoms with E-state index in [4.69, 9.17) is 5.73 Å². The van der Waals surface area contributed by atoms with E-state index in [1.165, 1.54) is 0 Å². The molecule has 2 rings (SSSR count). The zero-order chi connectivity index (χ0) is 17.4. The molecule has 0 spiro atoms. The topological polar surface area (TPSA) is 93.8 Å². The van der Waals surface area contributed by atoms with Crippen molar-refractivity contribution in [1.29, 1.82) is 0 Å². The van der Waals surface area contributed by atoms with Crippen LogP contribution in [0.2, 0.25) is 0 Å². The number of nitrogens with two attached hydrogens (primary N) is 1. The quantitative estimate of drug-likeness (QED) is 0.821. The molecule has 0 saturated heterocycles. The van der Waals surface area contributed by atoms with Crippen LogP contribution >= 0.6 is 0 Å². The van der Waals surface area contributed by atoms with E-state index in [2.05, 4.69) is 15.0 Å². The number of nitrogens with zero attached hydrogens (tertiary/aromatic N) is 3. The van der Waals surface area contributed by atoms with E-state index in [-0.39, 0.29) is 18.4 Å². The number of rotatable bonds is 3. The lowest BCUT2D eigenvalue weighted by Crippen LogP contribution is -2.34. The van der Waals surface area contributed by atoms with Gasteiger partial charge in [-0.3, -0.25) is 4.79 Å². The van der Waals surface area contributed by atoms with Crippen molar-refractivity contribution in [1.82, 2.24) is 15.0 Å². The molecule has 0 aliphatic heterocycles. The van der Waals surface area contributed by atoms with Crippen LogP contribution in [0.25, 0.3) is 5.57 Å². The van der Waals surface area contributed by atoms with E-state index >= 15 is 0 Å². The molecule has 1 aromatic rings. The largest absolute Gasteiger partial charge is 0.408 e. The molecule has 1 unspecified atom stereocenters. The van der Waals surface area contributed by atoms with Gasteiger partial charge in [-0.1, -0.05) is 0 Å². The van der Waals surface area contributed by atoms with Gasteiger partial charge in [0, 0.05) is 5.57 Å². The number of nitrogen functional groups attached to an aromatic ring is 1. The lowest BCUT2D eigenvalue weighted by molar-refractivity contribution is -0.138. The van der Waals surface area contributed by atoms with Crippen LogP contribution in [0, 0.1) is 0 Å². The Morgan fingerprint density at radius 2 is 1.96 bits per heavy atom. The second-order valence-electron chi connectivity index (χ2n) is 4.91. The van der Waals surface area contributed by atoms with E-state index in [1.807, 2.05) is 5.32 Å². The number of anilines is 2. The van der Waals surface area contributed by atoms with Crippen LogP contribution < -0.4 is 11.1 Å². The van der Waals surface area contributed by atoms with Crippen molar-refractivity contribution in [3.8, 4) is 0 Å². The Hall–Kier alpha value is -2.33. The average Bonchev–Trinajstić information content (AvgIpc) is 2.43. The Labute approximate surface area is 127 Å². The van der Waals surface area contributed by atoms with E-state index in [0.29, 0.717) is 0 Å². The van der Waals surface area contributed by atoms with E-state index in [9.17, 15) is 26.7 Å². The summed E-state index contributed by atoms with van der Waals surface area (Å²) in [6, 6.07) is -1.99. The van der Waals surface area contributed by atoms with Crippen LogP contribution in [0.3, 0.4) is 0 Å². The molecule has 6 nitrogen and oxygen atoms in total. The zero-order valence-corrected chi connectivity index (χ0v) is 11.8. The Kier molecular flexibility index (Phi) is 4.48. The Bertz CT molecular complexity index is 660. The average molecular weight is 337 g/mol. The fraction of sp³-hybridized carbons (Fsp3) is 0.500. The van der Waals surface area contributed by atoms with Gasteiger partial charge in [0.05, 0.1) is 0 Å². The van der Waals surface area contributed by atoms with Crippen molar-refractivity contribution in [2.75, 3.05) is 11.1 Å². The van der Waals surface area contributed by atoms with Gasteiger partial charge in [0.25, 0.3) is 0 Å². The van der Waals surface area contributed by atoms with Crippen molar-refractivity contribution in [3.63, 3.8) is 0 Å². The maximum Gasteiger partial charge on any atom is 0.408 e. The molecule has 0 radical (unpaired) electrons. The summed E-state index contributed by atoms with van der Waals surface area (Å²) in [5, 5.41) is 1.97. The maximum atomic E-state index is 13.8. The molecule has 126 valence electrons. The Morgan fingerprint density at radius 1 is 1.30 bits per heavy atom. The predicted octanol–water partition coefficient (Wildman–Crippen LogP) is 2.20. The van der Waals surface area contributed by atoms with Gasteiger partial charge in [-0.25, -0.2) is 8.78 Å². The van der Waals surface area contributed by atoms with E-state index in [1.54, 1.807) is 0 Å². The number of halogens is 5. The fourth-order valence-electron chi connectivity index (χ4n) is 1.88. The van der Waals surface area contributed by atoms with Gasteiger partial charge in [-0.2, -0.15) is 28.1 Å². The third-order valence-electron chi connectivity index (χ3n) is 3.17. The SMILES string of the molecule is C[C@@H](Nc1nc(N)nc(C2=C(F)C(=O)C(F)CC2)n1)C(F)(F)F. The summed E-state index contributed by atoms with van der Waals surface area (Å²) in [7, 11) is 0. The molecule has 1 aliphatic carbocycles. The molecule has 11 heteroatoms. The van der Waals surface area contributed by atoms with Crippen LogP contribution in [-0.2, 0) is 4.79 Å². The Balaban J connectivity index is 2.36. The first-order chi connectivity index (χ1) is 10.6. The number of hydrogen-bond donors (Lipinski definition) is 2. The molecular weight excluding hydrogens is 325 g/mol. The number of aromatic nitrogens is 3. The van der Waals surface area contributed by atoms with Crippen LogP contribution in [0.5, 0.6) is 0 Å². The third-order valence-corrected chi connectivity index (χ3v) is 3.17. The van der Waals surface area contributed by atoms with Crippen molar-refractivity contribution < 1.29 is 26.7 Å². The molecule has 1 aromatic heterocycles. The van der Waals surface area contributed by atoms with Gasteiger partial charge in [0.15, 0.2) is 17.8 Å². The number of nitrogens with one attached hydrogen (secondary N) is 1. The van der Waals surface area contributed by atoms with E-state index < -0.39 is 47.7 Å². The second kappa shape index (κ2) is 6.05. The number of hydrogen-bond acceptors (Lipinski definition) is 6. The molecule has 2 atom stereocenters. The lowest BCUT2D eigenvalue weighted by Gasteiger charge is -2.19. The van der Waals surface area contributed by atoms with Gasteiger partial charge in [0.1, 0.15) is 6.04 Å². The standard InChI is InChI=1S/C12H12F5N5O/c1-4(12(15,16)17)19-11-21-9(20-10(18)22-11)5-2-3-6(13)8(23)7(5)14/h4,6H,2-3H2,1H3,(H3,18,19,20,21,22)/t4-,6?/m1/s1. The molecule has 3 N–H and O–H groups in total. The summed E-state index contributed by atoms with van der Waals surface area (Å²) in [6.07, 6.45) is -6.97. The van der Waals surface area contributed by atoms with Crippen molar-refractivity contribution in [3.05, 3.63) is 11.7 Å². The minimum Gasteiger partial charge on any atom is -0.368 e. The normalized spacial score (nSPS) is 20.6. The summed E-state index contributed by atoms with van der Waals surface area (Å²) in [5.74, 6) is -4.07. The van der Waals surface area contributed by atoms with Crippen LogP contribution in [-0.4, -0.2) is 39.1 Å². The summed E-state index contributed by atoms with van der Waals surface area (Å²) in [6.45, 7) is 0.831. The second-order valence-corrected chi connectivity index (χ2v) is 4.91. The first-order valence-corrected chi connectivity index (χ1v) is 6.51. The first kappa shape index (κ1) is 17.0. The van der Waals surface area contributed by atoms with Gasteiger partial charge in [-0.15, -0.1) is 0 Å². The summed E-state index contributed by atoms with van der Waals surface area (Å²) in [5.41, 5.74) is 5.07.